The van der Waals surface area contributed by atoms with Gasteiger partial charge in [-0.1, -0.05) is 0 Å². The van der Waals surface area contributed by atoms with Crippen molar-refractivity contribution < 1.29 is 18.3 Å². The Balaban J connectivity index is 1.93. The summed E-state index contributed by atoms with van der Waals surface area (Å²) in [5.41, 5.74) is 0. The van der Waals surface area contributed by atoms with Crippen molar-refractivity contribution in [2.45, 2.75) is 44.7 Å². The molecule has 0 aromatic carbocycles. The van der Waals surface area contributed by atoms with Crippen molar-refractivity contribution in [1.82, 2.24) is 4.90 Å². The summed E-state index contributed by atoms with van der Waals surface area (Å²) >= 11 is 0. The molecule has 0 aromatic heterocycles. The lowest BCUT2D eigenvalue weighted by molar-refractivity contribution is -0.144. The van der Waals surface area contributed by atoms with Gasteiger partial charge >= 0.3 is 5.97 Å². The first-order chi connectivity index (χ1) is 8.39. The summed E-state index contributed by atoms with van der Waals surface area (Å²) in [4.78, 5) is 13.3. The number of carboxylic acids is 1. The number of hydrogen-bond acceptors (Lipinski definition) is 4. The van der Waals surface area contributed by atoms with Gasteiger partial charge in [-0.05, 0) is 39.2 Å². The van der Waals surface area contributed by atoms with Crippen molar-refractivity contribution in [1.29, 1.82) is 0 Å². The van der Waals surface area contributed by atoms with Gasteiger partial charge in [-0.2, -0.15) is 0 Å². The summed E-state index contributed by atoms with van der Waals surface area (Å²) in [5.74, 6) is -0.372. The molecule has 104 valence electrons. The highest BCUT2D eigenvalue weighted by molar-refractivity contribution is 7.91. The molecule has 0 bridgehead atoms. The highest BCUT2D eigenvalue weighted by atomic mass is 32.2. The second kappa shape index (κ2) is 5.17. The highest BCUT2D eigenvalue weighted by Gasteiger charge is 2.35. The van der Waals surface area contributed by atoms with Gasteiger partial charge in [0.25, 0.3) is 0 Å². The topological polar surface area (TPSA) is 74.7 Å². The Kier molecular flexibility index (Phi) is 3.96. The monoisotopic (exact) mass is 275 g/mol. The van der Waals surface area contributed by atoms with E-state index < -0.39 is 15.8 Å². The molecule has 2 fully saturated rings. The Bertz CT molecular complexity index is 406. The molecule has 1 N–H and O–H groups in total. The van der Waals surface area contributed by atoms with Crippen molar-refractivity contribution in [2.24, 2.45) is 5.92 Å². The van der Waals surface area contributed by atoms with Crippen LogP contribution >= 0.6 is 0 Å². The zero-order valence-corrected chi connectivity index (χ0v) is 11.5. The third-order valence-electron chi connectivity index (χ3n) is 4.27. The zero-order valence-electron chi connectivity index (χ0n) is 10.7. The SMILES string of the molecule is CC1CC(C(=O)O)CCN1C1CCS(=O)(=O)CC1. The van der Waals surface area contributed by atoms with Crippen LogP contribution in [-0.2, 0) is 14.6 Å². The summed E-state index contributed by atoms with van der Waals surface area (Å²) in [6.07, 6.45) is 2.76. The van der Waals surface area contributed by atoms with Crippen LogP contribution in [0.2, 0.25) is 0 Å². The quantitative estimate of drug-likeness (QED) is 0.805. The van der Waals surface area contributed by atoms with E-state index in [0.29, 0.717) is 31.7 Å². The molecule has 6 heteroatoms. The Labute approximate surface area is 108 Å². The number of aliphatic carboxylic acids is 1. The average molecular weight is 275 g/mol. The lowest BCUT2D eigenvalue weighted by Gasteiger charge is -2.42. The second-order valence-electron chi connectivity index (χ2n) is 5.53. The summed E-state index contributed by atoms with van der Waals surface area (Å²) in [6.45, 7) is 2.83. The number of nitrogens with zero attached hydrogens (tertiary/aromatic N) is 1. The molecule has 0 spiro atoms. The molecule has 0 aliphatic carbocycles. The molecule has 2 aliphatic heterocycles. The molecular formula is C12H21NO4S. The lowest BCUT2D eigenvalue weighted by atomic mass is 9.89. The number of hydrogen-bond donors (Lipinski definition) is 1. The van der Waals surface area contributed by atoms with Gasteiger partial charge in [-0.3, -0.25) is 9.69 Å². The average Bonchev–Trinajstić information content (AvgIpc) is 2.29. The summed E-state index contributed by atoms with van der Waals surface area (Å²) in [6, 6.07) is 0.559. The number of piperidine rings is 1. The van der Waals surface area contributed by atoms with E-state index in [1.165, 1.54) is 0 Å². The smallest absolute Gasteiger partial charge is 0.306 e. The number of carbonyl (C=O) groups is 1. The number of carboxylic acid groups (broad SMARTS) is 1. The van der Waals surface area contributed by atoms with Crippen LogP contribution in [0.1, 0.15) is 32.6 Å². The van der Waals surface area contributed by atoms with Crippen LogP contribution in [0.3, 0.4) is 0 Å². The predicted molar refractivity (Wildman–Crippen MR) is 68.2 cm³/mol. The van der Waals surface area contributed by atoms with E-state index in [0.717, 1.165) is 6.54 Å². The van der Waals surface area contributed by atoms with E-state index >= 15 is 0 Å². The molecule has 0 radical (unpaired) electrons. The van der Waals surface area contributed by atoms with Crippen LogP contribution < -0.4 is 0 Å². The first-order valence-corrected chi connectivity index (χ1v) is 8.40. The van der Waals surface area contributed by atoms with E-state index in [4.69, 9.17) is 5.11 Å². The number of likely N-dealkylation sites (tertiary alicyclic amines) is 1. The largest absolute Gasteiger partial charge is 0.481 e. The summed E-state index contributed by atoms with van der Waals surface area (Å²) in [5, 5.41) is 9.02. The maximum absolute atomic E-state index is 11.4. The third kappa shape index (κ3) is 3.03. The van der Waals surface area contributed by atoms with E-state index in [9.17, 15) is 13.2 Å². The van der Waals surface area contributed by atoms with Crippen LogP contribution in [0.4, 0.5) is 0 Å². The molecular weight excluding hydrogens is 254 g/mol. The fourth-order valence-electron chi connectivity index (χ4n) is 3.17. The van der Waals surface area contributed by atoms with Crippen molar-refractivity contribution >= 4 is 15.8 Å². The van der Waals surface area contributed by atoms with Gasteiger partial charge in [0.15, 0.2) is 0 Å². The molecule has 18 heavy (non-hydrogen) atoms. The van der Waals surface area contributed by atoms with Gasteiger partial charge in [-0.15, -0.1) is 0 Å². The maximum atomic E-state index is 11.4. The number of rotatable bonds is 2. The van der Waals surface area contributed by atoms with E-state index in [2.05, 4.69) is 11.8 Å². The van der Waals surface area contributed by atoms with Crippen molar-refractivity contribution in [2.75, 3.05) is 18.1 Å². The van der Waals surface area contributed by atoms with Gasteiger partial charge in [0.2, 0.25) is 0 Å². The van der Waals surface area contributed by atoms with Gasteiger partial charge in [0.1, 0.15) is 9.84 Å². The molecule has 2 heterocycles. The molecule has 0 saturated carbocycles. The number of sulfone groups is 1. The molecule has 2 saturated heterocycles. The minimum Gasteiger partial charge on any atom is -0.481 e. The lowest BCUT2D eigenvalue weighted by Crippen LogP contribution is -2.50. The summed E-state index contributed by atoms with van der Waals surface area (Å²) < 4.78 is 22.8. The van der Waals surface area contributed by atoms with Crippen LogP contribution in [0.25, 0.3) is 0 Å². The van der Waals surface area contributed by atoms with Gasteiger partial charge in [0, 0.05) is 12.1 Å². The minimum absolute atomic E-state index is 0.233. The van der Waals surface area contributed by atoms with E-state index in [1.54, 1.807) is 0 Å². The van der Waals surface area contributed by atoms with Crippen LogP contribution in [0.15, 0.2) is 0 Å². The fourth-order valence-corrected chi connectivity index (χ4v) is 4.63. The molecule has 0 aromatic rings. The molecule has 2 aliphatic rings. The van der Waals surface area contributed by atoms with E-state index in [1.807, 2.05) is 0 Å². The molecule has 2 atom stereocenters. The zero-order chi connectivity index (χ0) is 13.3. The van der Waals surface area contributed by atoms with Crippen LogP contribution in [0, 0.1) is 5.92 Å². The molecule has 0 amide bonds. The summed E-state index contributed by atoms with van der Waals surface area (Å²) in [7, 11) is -2.82. The van der Waals surface area contributed by atoms with Crippen molar-refractivity contribution in [3.63, 3.8) is 0 Å². The highest BCUT2D eigenvalue weighted by Crippen LogP contribution is 2.28. The Morgan fingerprint density at radius 1 is 1.22 bits per heavy atom. The van der Waals surface area contributed by atoms with E-state index in [-0.39, 0.29) is 23.5 Å². The van der Waals surface area contributed by atoms with Crippen LogP contribution in [-0.4, -0.2) is 54.5 Å². The molecule has 2 unspecified atom stereocenters. The van der Waals surface area contributed by atoms with Crippen LogP contribution in [0.5, 0.6) is 0 Å². The second-order valence-corrected chi connectivity index (χ2v) is 7.83. The van der Waals surface area contributed by atoms with Crippen molar-refractivity contribution in [3.05, 3.63) is 0 Å². The van der Waals surface area contributed by atoms with Gasteiger partial charge in [-0.25, -0.2) is 8.42 Å². The Morgan fingerprint density at radius 2 is 1.83 bits per heavy atom. The Hall–Kier alpha value is -0.620. The van der Waals surface area contributed by atoms with Crippen molar-refractivity contribution in [3.8, 4) is 0 Å². The minimum atomic E-state index is -2.82. The standard InChI is InChI=1S/C12H21NO4S/c1-9-8-10(12(14)15)2-5-13(9)11-3-6-18(16,17)7-4-11/h9-11H,2-8H2,1H3,(H,14,15). The first kappa shape index (κ1) is 13.8. The molecule has 5 nitrogen and oxygen atoms in total. The van der Waals surface area contributed by atoms with Gasteiger partial charge in [0.05, 0.1) is 17.4 Å². The predicted octanol–water partition coefficient (Wildman–Crippen LogP) is 0.749. The Morgan fingerprint density at radius 3 is 2.33 bits per heavy atom. The first-order valence-electron chi connectivity index (χ1n) is 6.58. The normalized spacial score (nSPS) is 34.3. The maximum Gasteiger partial charge on any atom is 0.306 e. The van der Waals surface area contributed by atoms with Gasteiger partial charge < -0.3 is 5.11 Å². The molecule has 2 rings (SSSR count). The fraction of sp³-hybridized carbons (Fsp3) is 0.917. The third-order valence-corrected chi connectivity index (χ3v) is 5.99.